The Morgan fingerprint density at radius 3 is 2.63 bits per heavy atom. The Hall–Kier alpha value is -2.23. The third kappa shape index (κ3) is 3.90. The number of hydrogen-bond donors (Lipinski definition) is 2. The number of aryl methyl sites for hydroxylation is 2. The molecule has 9 heteroatoms. The Labute approximate surface area is 163 Å². The van der Waals surface area contributed by atoms with Crippen LogP contribution in [0.3, 0.4) is 0 Å². The molecule has 0 saturated heterocycles. The Balaban J connectivity index is 1.74. The van der Waals surface area contributed by atoms with Crippen molar-refractivity contribution in [2.24, 2.45) is 0 Å². The Morgan fingerprint density at radius 1 is 1.33 bits per heavy atom. The summed E-state index contributed by atoms with van der Waals surface area (Å²) in [5, 5.41) is 11.8. The highest BCUT2D eigenvalue weighted by atomic mass is 32.2. The number of anilines is 1. The smallest absolute Gasteiger partial charge is 0.263 e. The zero-order chi connectivity index (χ0) is 19.7. The molecule has 0 aliphatic rings. The molecule has 0 aliphatic heterocycles. The van der Waals surface area contributed by atoms with Crippen molar-refractivity contribution >= 4 is 44.3 Å². The van der Waals surface area contributed by atoms with E-state index in [4.69, 9.17) is 5.73 Å². The van der Waals surface area contributed by atoms with Crippen LogP contribution in [0.1, 0.15) is 33.4 Å². The molecule has 2 heterocycles. The van der Waals surface area contributed by atoms with Crippen LogP contribution in [0.4, 0.5) is 10.1 Å². The maximum Gasteiger partial charge on any atom is 0.263 e. The number of nitrogens with zero attached hydrogens (tertiary/aromatic N) is 2. The van der Waals surface area contributed by atoms with Gasteiger partial charge < -0.3 is 15.6 Å². The lowest BCUT2D eigenvalue weighted by Crippen LogP contribution is -2.22. The van der Waals surface area contributed by atoms with Crippen molar-refractivity contribution in [2.45, 2.75) is 37.7 Å². The van der Waals surface area contributed by atoms with Crippen molar-refractivity contribution in [1.29, 1.82) is 0 Å². The number of nitrogen functional groups attached to an aromatic ring is 1. The van der Waals surface area contributed by atoms with Gasteiger partial charge in [-0.2, -0.15) is 9.49 Å². The third-order valence-electron chi connectivity index (χ3n) is 4.25. The van der Waals surface area contributed by atoms with E-state index in [0.717, 1.165) is 22.2 Å². The van der Waals surface area contributed by atoms with Crippen LogP contribution in [0.2, 0.25) is 0 Å². The highest BCUT2D eigenvalue weighted by Crippen LogP contribution is 2.34. The summed E-state index contributed by atoms with van der Waals surface area (Å²) in [6.45, 7) is 5.28. The first-order valence-electron chi connectivity index (χ1n) is 8.23. The predicted octanol–water partition coefficient (Wildman–Crippen LogP) is 3.24. The molecule has 6 nitrogen and oxygen atoms in total. The second-order valence-corrected chi connectivity index (χ2v) is 8.82. The number of rotatable bonds is 5. The van der Waals surface area contributed by atoms with Crippen molar-refractivity contribution < 1.29 is 13.7 Å². The molecule has 3 N–H and O–H groups in total. The molecule has 2 unspecified atom stereocenters. The number of amides is 1. The molecule has 1 amide bonds. The van der Waals surface area contributed by atoms with Crippen LogP contribution < -0.4 is 11.1 Å². The maximum atomic E-state index is 13.1. The van der Waals surface area contributed by atoms with Gasteiger partial charge in [-0.15, -0.1) is 16.4 Å². The van der Waals surface area contributed by atoms with Crippen LogP contribution in [0.5, 0.6) is 0 Å². The van der Waals surface area contributed by atoms with Gasteiger partial charge in [-0.05, 0) is 37.1 Å². The summed E-state index contributed by atoms with van der Waals surface area (Å²) in [4.78, 5) is 14.0. The molecule has 2 atom stereocenters. The summed E-state index contributed by atoms with van der Waals surface area (Å²) in [6, 6.07) is 6.62. The van der Waals surface area contributed by atoms with E-state index in [-0.39, 0.29) is 12.5 Å². The van der Waals surface area contributed by atoms with Gasteiger partial charge in [0.25, 0.3) is 11.4 Å². The van der Waals surface area contributed by atoms with Crippen LogP contribution in [0.25, 0.3) is 10.2 Å². The van der Waals surface area contributed by atoms with Crippen molar-refractivity contribution in [2.75, 3.05) is 5.73 Å². The largest absolute Gasteiger partial charge is 0.609 e. The number of hydrogen-bond acceptors (Lipinski definition) is 6. The summed E-state index contributed by atoms with van der Waals surface area (Å²) >= 11 is -0.477. The number of thiophene rings is 1. The lowest BCUT2D eigenvalue weighted by atomic mass is 10.1. The van der Waals surface area contributed by atoms with Crippen LogP contribution in [0, 0.1) is 13.8 Å². The topological polar surface area (TPSA) is 104 Å². The number of carbonyl (C=O) groups is 1. The summed E-state index contributed by atoms with van der Waals surface area (Å²) in [5.74, 6) is -0.294. The van der Waals surface area contributed by atoms with Crippen LogP contribution in [-0.2, 0) is 17.7 Å². The SMILES string of the molecule is Cc1nnc2sc(C(=O)NCc3ccc([S+]([O-])C(C)F)cc3)c(N)c2c1C. The van der Waals surface area contributed by atoms with E-state index >= 15 is 0 Å². The molecule has 0 fully saturated rings. The number of halogens is 1. The highest BCUT2D eigenvalue weighted by Gasteiger charge is 2.20. The Kier molecular flexibility index (Phi) is 5.64. The quantitative estimate of drug-likeness (QED) is 0.633. The minimum atomic E-state index is -1.68. The molecule has 0 bridgehead atoms. The lowest BCUT2D eigenvalue weighted by molar-refractivity contribution is 0.0956. The van der Waals surface area contributed by atoms with Gasteiger partial charge in [0.05, 0.1) is 11.4 Å². The van der Waals surface area contributed by atoms with E-state index in [1.54, 1.807) is 24.3 Å². The molecule has 27 heavy (non-hydrogen) atoms. The average molecular weight is 407 g/mol. The van der Waals surface area contributed by atoms with Gasteiger partial charge in [0.1, 0.15) is 9.71 Å². The van der Waals surface area contributed by atoms with Crippen molar-refractivity contribution in [3.05, 3.63) is 46.0 Å². The Morgan fingerprint density at radius 2 is 2.00 bits per heavy atom. The van der Waals surface area contributed by atoms with Gasteiger partial charge in [0, 0.05) is 30.0 Å². The van der Waals surface area contributed by atoms with Gasteiger partial charge in [0.2, 0.25) is 0 Å². The number of aromatic nitrogens is 2. The first kappa shape index (κ1) is 19.5. The fraction of sp³-hybridized carbons (Fsp3) is 0.278. The Bertz CT molecular complexity index is 989. The zero-order valence-corrected chi connectivity index (χ0v) is 16.7. The molecule has 0 spiro atoms. The van der Waals surface area contributed by atoms with Crippen molar-refractivity contribution in [3.8, 4) is 0 Å². The predicted molar refractivity (Wildman–Crippen MR) is 106 cm³/mol. The molecule has 3 aromatic rings. The van der Waals surface area contributed by atoms with Gasteiger partial charge >= 0.3 is 0 Å². The molecule has 3 rings (SSSR count). The minimum Gasteiger partial charge on any atom is -0.609 e. The van der Waals surface area contributed by atoms with Gasteiger partial charge in [-0.25, -0.2) is 0 Å². The summed E-state index contributed by atoms with van der Waals surface area (Å²) in [6.07, 6.45) is 0. The number of alkyl halides is 1. The number of benzene rings is 1. The second-order valence-electron chi connectivity index (χ2n) is 6.10. The maximum absolute atomic E-state index is 13.1. The van der Waals surface area contributed by atoms with Crippen LogP contribution in [-0.4, -0.2) is 26.2 Å². The molecule has 1 aromatic carbocycles. The summed E-state index contributed by atoms with van der Waals surface area (Å²) in [5.41, 5.74) is 7.65. The first-order valence-corrected chi connectivity index (χ1v) is 10.3. The molecular weight excluding hydrogens is 387 g/mol. The molecule has 0 aliphatic carbocycles. The lowest BCUT2D eigenvalue weighted by Gasteiger charge is -2.11. The van der Waals surface area contributed by atoms with E-state index < -0.39 is 16.7 Å². The van der Waals surface area contributed by atoms with Gasteiger partial charge in [-0.1, -0.05) is 12.1 Å². The average Bonchev–Trinajstić information content (AvgIpc) is 3.00. The molecule has 0 saturated carbocycles. The van der Waals surface area contributed by atoms with E-state index in [1.807, 2.05) is 13.8 Å². The van der Waals surface area contributed by atoms with E-state index in [0.29, 0.717) is 20.3 Å². The normalized spacial score (nSPS) is 13.5. The van der Waals surface area contributed by atoms with E-state index in [2.05, 4.69) is 15.5 Å². The van der Waals surface area contributed by atoms with Gasteiger partial charge in [-0.3, -0.25) is 4.79 Å². The fourth-order valence-corrected chi connectivity index (χ4v) is 4.40. The highest BCUT2D eigenvalue weighted by molar-refractivity contribution is 7.91. The van der Waals surface area contributed by atoms with Gasteiger partial charge in [0.15, 0.2) is 4.90 Å². The van der Waals surface area contributed by atoms with E-state index in [9.17, 15) is 13.7 Å². The molecule has 142 valence electrons. The monoisotopic (exact) mass is 406 g/mol. The van der Waals surface area contributed by atoms with Crippen molar-refractivity contribution in [3.63, 3.8) is 0 Å². The van der Waals surface area contributed by atoms with Crippen molar-refractivity contribution in [1.82, 2.24) is 15.5 Å². The number of nitrogens with two attached hydrogens (primary N) is 1. The standard InChI is InChI=1S/C18H19FN4O2S2/c1-9-10(2)22-23-18-14(9)15(20)16(26-18)17(24)21-8-12-4-6-13(7-5-12)27(25)11(3)19/h4-7,11H,8,20H2,1-3H3,(H,21,24). The summed E-state index contributed by atoms with van der Waals surface area (Å²) in [7, 11) is 0. The van der Waals surface area contributed by atoms with Crippen LogP contribution in [0.15, 0.2) is 29.2 Å². The second kappa shape index (κ2) is 7.79. The molecular formula is C18H19FN4O2S2. The number of carbonyl (C=O) groups excluding carboxylic acids is 1. The van der Waals surface area contributed by atoms with E-state index in [1.165, 1.54) is 18.3 Å². The summed E-state index contributed by atoms with van der Waals surface area (Å²) < 4.78 is 24.8. The minimum absolute atomic E-state index is 0.272. The number of fused-ring (bicyclic) bond motifs is 1. The van der Waals surface area contributed by atoms with Crippen LogP contribution >= 0.6 is 11.3 Å². The third-order valence-corrected chi connectivity index (χ3v) is 6.66. The first-order chi connectivity index (χ1) is 12.8. The zero-order valence-electron chi connectivity index (χ0n) is 15.1. The number of nitrogens with one attached hydrogen (secondary N) is 1. The molecule has 2 aromatic heterocycles. The molecule has 0 radical (unpaired) electrons. The fourth-order valence-electron chi connectivity index (χ4n) is 2.60.